The van der Waals surface area contributed by atoms with Gasteiger partial charge in [0.1, 0.15) is 5.75 Å². The molecule has 0 atom stereocenters. The van der Waals surface area contributed by atoms with Gasteiger partial charge in [0, 0.05) is 12.0 Å². The number of esters is 1. The van der Waals surface area contributed by atoms with Crippen LogP contribution in [-0.2, 0) is 11.2 Å². The van der Waals surface area contributed by atoms with E-state index in [9.17, 15) is 9.59 Å². The lowest BCUT2D eigenvalue weighted by atomic mass is 10.1. The van der Waals surface area contributed by atoms with Crippen LogP contribution in [0.15, 0.2) is 77.3 Å². The fourth-order valence-corrected chi connectivity index (χ4v) is 3.25. The maximum atomic E-state index is 12.6. The maximum absolute atomic E-state index is 12.6. The van der Waals surface area contributed by atoms with Gasteiger partial charge >= 0.3 is 5.97 Å². The van der Waals surface area contributed by atoms with E-state index >= 15 is 0 Å². The second-order valence-corrected chi connectivity index (χ2v) is 7.07. The molecule has 0 aliphatic rings. The van der Waals surface area contributed by atoms with Gasteiger partial charge in [0.25, 0.3) is 5.91 Å². The minimum atomic E-state index is -0.510. The highest BCUT2D eigenvalue weighted by molar-refractivity contribution is 9.10. The van der Waals surface area contributed by atoms with Gasteiger partial charge in [0.2, 0.25) is 0 Å². The summed E-state index contributed by atoms with van der Waals surface area (Å²) in [6.45, 7) is 0.528. The van der Waals surface area contributed by atoms with Crippen LogP contribution in [0.25, 0.3) is 0 Å². The van der Waals surface area contributed by atoms with Crippen molar-refractivity contribution in [2.45, 2.75) is 6.42 Å². The van der Waals surface area contributed by atoms with Crippen LogP contribution >= 0.6 is 15.9 Å². The third kappa shape index (κ3) is 5.45. The fraction of sp³-hybridized carbons (Fsp3) is 0.130. The lowest BCUT2D eigenvalue weighted by Gasteiger charge is -2.12. The molecule has 0 saturated carbocycles. The normalized spacial score (nSPS) is 10.3. The minimum Gasteiger partial charge on any atom is -0.492 e. The van der Waals surface area contributed by atoms with Gasteiger partial charge < -0.3 is 14.8 Å². The van der Waals surface area contributed by atoms with Crippen molar-refractivity contribution in [1.82, 2.24) is 0 Å². The van der Waals surface area contributed by atoms with Gasteiger partial charge in [0.15, 0.2) is 0 Å². The van der Waals surface area contributed by atoms with E-state index < -0.39 is 5.97 Å². The van der Waals surface area contributed by atoms with Crippen molar-refractivity contribution >= 4 is 33.5 Å². The second kappa shape index (κ2) is 9.89. The predicted molar refractivity (Wildman–Crippen MR) is 116 cm³/mol. The van der Waals surface area contributed by atoms with Crippen molar-refractivity contribution in [3.63, 3.8) is 0 Å². The first kappa shape index (κ1) is 20.6. The summed E-state index contributed by atoms with van der Waals surface area (Å²) >= 11 is 3.46. The number of methoxy groups -OCH3 is 1. The van der Waals surface area contributed by atoms with E-state index in [1.807, 2.05) is 18.2 Å². The van der Waals surface area contributed by atoms with E-state index in [-0.39, 0.29) is 5.91 Å². The molecule has 0 aromatic heterocycles. The molecule has 0 aliphatic heterocycles. The molecule has 0 aliphatic carbocycles. The smallest absolute Gasteiger partial charge is 0.339 e. The van der Waals surface area contributed by atoms with Crippen molar-refractivity contribution in [1.29, 1.82) is 0 Å². The molecule has 0 spiro atoms. The average Bonchev–Trinajstić information content (AvgIpc) is 2.75. The molecule has 0 heterocycles. The lowest BCUT2D eigenvalue weighted by molar-refractivity contribution is 0.0602. The Labute approximate surface area is 177 Å². The van der Waals surface area contributed by atoms with Gasteiger partial charge in [-0.1, -0.05) is 42.5 Å². The monoisotopic (exact) mass is 453 g/mol. The van der Waals surface area contributed by atoms with Crippen LogP contribution in [-0.4, -0.2) is 25.6 Å². The molecule has 0 bridgehead atoms. The molecule has 3 aromatic rings. The molecule has 5 nitrogen and oxygen atoms in total. The summed E-state index contributed by atoms with van der Waals surface area (Å²) in [6.07, 6.45) is 0.791. The van der Waals surface area contributed by atoms with Crippen molar-refractivity contribution < 1.29 is 19.1 Å². The van der Waals surface area contributed by atoms with E-state index in [2.05, 4.69) is 33.4 Å². The van der Waals surface area contributed by atoms with Crippen LogP contribution in [0.4, 0.5) is 5.69 Å². The topological polar surface area (TPSA) is 64.6 Å². The first-order chi connectivity index (χ1) is 14.1. The van der Waals surface area contributed by atoms with Crippen LogP contribution in [0, 0.1) is 0 Å². The third-order valence-electron chi connectivity index (χ3n) is 4.27. The maximum Gasteiger partial charge on any atom is 0.339 e. The van der Waals surface area contributed by atoms with Gasteiger partial charge in [-0.05, 0) is 51.8 Å². The summed E-state index contributed by atoms with van der Waals surface area (Å²) in [6, 6.07) is 21.9. The van der Waals surface area contributed by atoms with Gasteiger partial charge in [-0.3, -0.25) is 4.79 Å². The van der Waals surface area contributed by atoms with E-state index in [1.54, 1.807) is 42.5 Å². The number of hydrogen-bond acceptors (Lipinski definition) is 4. The number of carbonyl (C=O) groups is 2. The highest BCUT2D eigenvalue weighted by Gasteiger charge is 2.15. The summed E-state index contributed by atoms with van der Waals surface area (Å²) in [5, 5.41) is 2.75. The number of rotatable bonds is 7. The standard InChI is InChI=1S/C23H20BrNO4/c1-28-23(27)18-9-5-6-10-20(18)25-22(26)17-11-12-21(19(24)15-17)29-14-13-16-7-3-2-4-8-16/h2-12,15H,13-14H2,1H3,(H,25,26). The Kier molecular flexibility index (Phi) is 7.03. The number of anilines is 1. The van der Waals surface area contributed by atoms with Crippen LogP contribution in [0.2, 0.25) is 0 Å². The number of amides is 1. The summed E-state index contributed by atoms with van der Waals surface area (Å²) < 4.78 is 11.3. The predicted octanol–water partition coefficient (Wildman–Crippen LogP) is 5.11. The SMILES string of the molecule is COC(=O)c1ccccc1NC(=O)c1ccc(OCCc2ccccc2)c(Br)c1. The summed E-state index contributed by atoms with van der Waals surface area (Å²) in [7, 11) is 1.30. The zero-order valence-corrected chi connectivity index (χ0v) is 17.4. The molecule has 1 amide bonds. The average molecular weight is 454 g/mol. The van der Waals surface area contributed by atoms with Crippen LogP contribution in [0.3, 0.4) is 0 Å². The van der Waals surface area contributed by atoms with Crippen molar-refractivity contribution in [2.24, 2.45) is 0 Å². The zero-order valence-electron chi connectivity index (χ0n) is 15.9. The highest BCUT2D eigenvalue weighted by Crippen LogP contribution is 2.27. The molecule has 1 N–H and O–H groups in total. The minimum absolute atomic E-state index is 0.295. The molecule has 3 rings (SSSR count). The van der Waals surface area contributed by atoms with Crippen LogP contribution in [0.1, 0.15) is 26.3 Å². The molecule has 0 fully saturated rings. The molecule has 148 valence electrons. The summed E-state index contributed by atoms with van der Waals surface area (Å²) in [5.41, 5.74) is 2.32. The van der Waals surface area contributed by atoms with E-state index in [0.29, 0.717) is 33.6 Å². The van der Waals surface area contributed by atoms with Crippen molar-refractivity contribution in [3.8, 4) is 5.75 Å². The molecule has 0 radical (unpaired) electrons. The highest BCUT2D eigenvalue weighted by atomic mass is 79.9. The second-order valence-electron chi connectivity index (χ2n) is 6.22. The lowest BCUT2D eigenvalue weighted by Crippen LogP contribution is -2.15. The molecule has 3 aromatic carbocycles. The molecular formula is C23H20BrNO4. The zero-order chi connectivity index (χ0) is 20.6. The third-order valence-corrected chi connectivity index (χ3v) is 4.89. The van der Waals surface area contributed by atoms with E-state index in [4.69, 9.17) is 9.47 Å². The number of nitrogens with one attached hydrogen (secondary N) is 1. The number of ether oxygens (including phenoxy) is 2. The number of hydrogen-bond donors (Lipinski definition) is 1. The molecule has 29 heavy (non-hydrogen) atoms. The number of benzene rings is 3. The van der Waals surface area contributed by atoms with Gasteiger partial charge in [-0.2, -0.15) is 0 Å². The summed E-state index contributed by atoms with van der Waals surface area (Å²) in [4.78, 5) is 24.5. The van der Waals surface area contributed by atoms with Gasteiger partial charge in [0.05, 0.1) is 29.4 Å². The Bertz CT molecular complexity index is 1000. The number of carbonyl (C=O) groups excluding carboxylic acids is 2. The largest absolute Gasteiger partial charge is 0.492 e. The quantitative estimate of drug-likeness (QED) is 0.504. The van der Waals surface area contributed by atoms with Crippen molar-refractivity contribution in [2.75, 3.05) is 19.0 Å². The number of halogens is 1. The molecule has 0 saturated heterocycles. The Balaban J connectivity index is 1.65. The van der Waals surface area contributed by atoms with E-state index in [1.165, 1.54) is 12.7 Å². The molecule has 0 unspecified atom stereocenters. The Morgan fingerprint density at radius 3 is 2.41 bits per heavy atom. The Morgan fingerprint density at radius 2 is 1.69 bits per heavy atom. The van der Waals surface area contributed by atoms with E-state index in [0.717, 1.165) is 6.42 Å². The molecular weight excluding hydrogens is 434 g/mol. The van der Waals surface area contributed by atoms with Crippen LogP contribution in [0.5, 0.6) is 5.75 Å². The fourth-order valence-electron chi connectivity index (χ4n) is 2.76. The first-order valence-corrected chi connectivity index (χ1v) is 9.83. The Morgan fingerprint density at radius 1 is 0.966 bits per heavy atom. The Hall–Kier alpha value is -3.12. The molecule has 6 heteroatoms. The van der Waals surface area contributed by atoms with Crippen molar-refractivity contribution in [3.05, 3.63) is 94.0 Å². The van der Waals surface area contributed by atoms with Gasteiger partial charge in [-0.25, -0.2) is 4.79 Å². The summed E-state index contributed by atoms with van der Waals surface area (Å²) in [5.74, 6) is -0.186. The number of para-hydroxylation sites is 1. The first-order valence-electron chi connectivity index (χ1n) is 9.03. The van der Waals surface area contributed by atoms with Crippen LogP contribution < -0.4 is 10.1 Å². The van der Waals surface area contributed by atoms with Gasteiger partial charge in [-0.15, -0.1) is 0 Å².